The lowest BCUT2D eigenvalue weighted by Gasteiger charge is -2.36. The van der Waals surface area contributed by atoms with Gasteiger partial charge in [-0.1, -0.05) is 30.3 Å². The van der Waals surface area contributed by atoms with Crippen molar-refractivity contribution in [1.82, 2.24) is 4.90 Å². The smallest absolute Gasteiger partial charge is 0.255 e. The molecule has 1 aliphatic heterocycles. The number of ketones is 2. The molecule has 0 radical (unpaired) electrons. The molecule has 0 spiro atoms. The number of amides is 2. The summed E-state index contributed by atoms with van der Waals surface area (Å²) in [5.41, 5.74) is 6.21. The number of hydrogen-bond acceptors (Lipinski definition) is 4. The minimum Gasteiger partial charge on any atom is -0.367 e. The van der Waals surface area contributed by atoms with Gasteiger partial charge in [-0.15, -0.1) is 0 Å². The first-order valence-corrected chi connectivity index (χ1v) is 9.11. The molecule has 3 rings (SSSR count). The largest absolute Gasteiger partial charge is 0.367 e. The number of carbonyl (C=O) groups excluding carboxylic acids is 4. The number of Topliss-reactive ketones (excluding diaryl/α,β-unsaturated/α-hetero) is 2. The van der Waals surface area contributed by atoms with Crippen LogP contribution in [0.3, 0.4) is 0 Å². The Kier molecular flexibility index (Phi) is 5.14. The van der Waals surface area contributed by atoms with Crippen LogP contribution in [0, 0.1) is 0 Å². The van der Waals surface area contributed by atoms with E-state index in [1.807, 2.05) is 0 Å². The molecule has 144 valence electrons. The van der Waals surface area contributed by atoms with E-state index in [1.54, 1.807) is 42.5 Å². The second-order valence-corrected chi connectivity index (χ2v) is 7.06. The molecule has 2 aromatic rings. The Morgan fingerprint density at radius 2 is 1.46 bits per heavy atom. The number of primary amides is 1. The van der Waals surface area contributed by atoms with Crippen LogP contribution < -0.4 is 5.73 Å². The summed E-state index contributed by atoms with van der Waals surface area (Å²) >= 11 is 0. The van der Waals surface area contributed by atoms with E-state index in [1.165, 1.54) is 24.8 Å². The maximum Gasteiger partial charge on any atom is 0.255 e. The first kappa shape index (κ1) is 19.5. The summed E-state index contributed by atoms with van der Waals surface area (Å²) in [6.07, 6.45) is 0.979. The Hall–Kier alpha value is -3.28. The van der Waals surface area contributed by atoms with Crippen molar-refractivity contribution in [2.24, 2.45) is 5.73 Å². The number of hydrogen-bond donors (Lipinski definition) is 1. The predicted octanol–water partition coefficient (Wildman–Crippen LogP) is 2.71. The highest BCUT2D eigenvalue weighted by molar-refractivity contribution is 6.02. The summed E-state index contributed by atoms with van der Waals surface area (Å²) in [5.74, 6) is -1.28. The van der Waals surface area contributed by atoms with Gasteiger partial charge in [0, 0.05) is 23.2 Å². The van der Waals surface area contributed by atoms with Crippen molar-refractivity contribution in [3.8, 4) is 0 Å². The van der Waals surface area contributed by atoms with Gasteiger partial charge in [-0.05, 0) is 50.5 Å². The average molecular weight is 378 g/mol. The van der Waals surface area contributed by atoms with Crippen molar-refractivity contribution in [3.63, 3.8) is 0 Å². The molecule has 28 heavy (non-hydrogen) atoms. The molecule has 0 unspecified atom stereocenters. The molecule has 6 heteroatoms. The van der Waals surface area contributed by atoms with E-state index in [0.717, 1.165) is 0 Å². The summed E-state index contributed by atoms with van der Waals surface area (Å²) in [7, 11) is 0. The molecule has 0 saturated carbocycles. The van der Waals surface area contributed by atoms with Crippen molar-refractivity contribution in [2.75, 3.05) is 6.54 Å². The van der Waals surface area contributed by atoms with Crippen LogP contribution >= 0.6 is 0 Å². The zero-order valence-electron chi connectivity index (χ0n) is 15.9. The van der Waals surface area contributed by atoms with Crippen molar-refractivity contribution in [3.05, 3.63) is 70.8 Å². The molecule has 1 atom stereocenters. The Morgan fingerprint density at radius 3 is 2.07 bits per heavy atom. The molecule has 2 amide bonds. The fourth-order valence-electron chi connectivity index (χ4n) is 3.81. The number of nitrogens with two attached hydrogens (primary N) is 1. The SMILES string of the molecule is CC(=O)c1cccc(C(=O)N2CCC[C@]2(C(N)=O)c2cccc(C(C)=O)c2)c1. The minimum absolute atomic E-state index is 0.133. The van der Waals surface area contributed by atoms with Gasteiger partial charge in [0.25, 0.3) is 5.91 Å². The third kappa shape index (κ3) is 3.22. The van der Waals surface area contributed by atoms with Gasteiger partial charge in [-0.3, -0.25) is 19.2 Å². The van der Waals surface area contributed by atoms with Gasteiger partial charge in [0.05, 0.1) is 0 Å². The maximum absolute atomic E-state index is 13.3. The lowest BCUT2D eigenvalue weighted by molar-refractivity contribution is -0.128. The monoisotopic (exact) mass is 378 g/mol. The van der Waals surface area contributed by atoms with E-state index in [-0.39, 0.29) is 17.5 Å². The zero-order chi connectivity index (χ0) is 20.5. The van der Waals surface area contributed by atoms with E-state index in [4.69, 9.17) is 5.73 Å². The zero-order valence-corrected chi connectivity index (χ0v) is 15.9. The van der Waals surface area contributed by atoms with E-state index >= 15 is 0 Å². The lowest BCUT2D eigenvalue weighted by atomic mass is 9.84. The molecular formula is C22H22N2O4. The molecule has 1 saturated heterocycles. The number of carbonyl (C=O) groups is 4. The minimum atomic E-state index is -1.32. The van der Waals surface area contributed by atoms with Crippen LogP contribution in [0.1, 0.15) is 63.3 Å². The summed E-state index contributed by atoms with van der Waals surface area (Å²) in [5, 5.41) is 0. The summed E-state index contributed by atoms with van der Waals surface area (Å²) in [6, 6.07) is 13.1. The average Bonchev–Trinajstić information content (AvgIpc) is 3.13. The molecule has 2 N–H and O–H groups in total. The molecule has 1 fully saturated rings. The molecule has 1 aliphatic rings. The van der Waals surface area contributed by atoms with Crippen molar-refractivity contribution in [2.45, 2.75) is 32.2 Å². The van der Waals surface area contributed by atoms with Crippen molar-refractivity contribution < 1.29 is 19.2 Å². The van der Waals surface area contributed by atoms with Crippen LogP contribution in [0.2, 0.25) is 0 Å². The molecule has 1 heterocycles. The maximum atomic E-state index is 13.3. The number of benzene rings is 2. The van der Waals surface area contributed by atoms with Gasteiger partial charge >= 0.3 is 0 Å². The Bertz CT molecular complexity index is 982. The van der Waals surface area contributed by atoms with E-state index < -0.39 is 11.4 Å². The van der Waals surface area contributed by atoms with Crippen LogP contribution in [0.25, 0.3) is 0 Å². The van der Waals surface area contributed by atoms with Crippen molar-refractivity contribution >= 4 is 23.4 Å². The van der Waals surface area contributed by atoms with Crippen LogP contribution in [-0.2, 0) is 10.3 Å². The van der Waals surface area contributed by atoms with Crippen LogP contribution in [-0.4, -0.2) is 34.8 Å². The van der Waals surface area contributed by atoms with Gasteiger partial charge in [0.1, 0.15) is 5.54 Å². The quantitative estimate of drug-likeness (QED) is 0.809. The first-order valence-electron chi connectivity index (χ1n) is 9.11. The standard InChI is InChI=1S/C22H22N2O4/c1-14(25)16-6-3-8-18(12-16)20(27)24-11-5-10-22(24,21(23)28)19-9-4-7-17(13-19)15(2)26/h3-4,6-9,12-13H,5,10-11H2,1-2H3,(H2,23,28)/t22-/m1/s1. The molecule has 6 nitrogen and oxygen atoms in total. The van der Waals surface area contributed by atoms with E-state index in [2.05, 4.69) is 0 Å². The van der Waals surface area contributed by atoms with E-state index in [0.29, 0.717) is 41.6 Å². The molecule has 0 aromatic heterocycles. The number of nitrogens with zero attached hydrogens (tertiary/aromatic N) is 1. The fourth-order valence-corrected chi connectivity index (χ4v) is 3.81. The summed E-state index contributed by atoms with van der Waals surface area (Å²) in [4.78, 5) is 50.8. The van der Waals surface area contributed by atoms with E-state index in [9.17, 15) is 19.2 Å². The molecule has 0 aliphatic carbocycles. The third-order valence-electron chi connectivity index (χ3n) is 5.30. The first-order chi connectivity index (χ1) is 13.3. The summed E-state index contributed by atoms with van der Waals surface area (Å²) in [6.45, 7) is 3.23. The molecule has 2 aromatic carbocycles. The van der Waals surface area contributed by atoms with Gasteiger partial charge in [-0.2, -0.15) is 0 Å². The molecule has 0 bridgehead atoms. The fraction of sp³-hybridized carbons (Fsp3) is 0.273. The second kappa shape index (κ2) is 7.38. The second-order valence-electron chi connectivity index (χ2n) is 7.06. The topological polar surface area (TPSA) is 97.5 Å². The van der Waals surface area contributed by atoms with Crippen LogP contribution in [0.5, 0.6) is 0 Å². The Balaban J connectivity index is 2.09. The van der Waals surface area contributed by atoms with Gasteiger partial charge in [-0.25, -0.2) is 0 Å². The van der Waals surface area contributed by atoms with Gasteiger partial charge < -0.3 is 10.6 Å². The predicted molar refractivity (Wildman–Crippen MR) is 104 cm³/mol. The Labute approximate surface area is 163 Å². The van der Waals surface area contributed by atoms with Crippen molar-refractivity contribution in [1.29, 1.82) is 0 Å². The molecular weight excluding hydrogens is 356 g/mol. The van der Waals surface area contributed by atoms with Crippen LogP contribution in [0.4, 0.5) is 0 Å². The highest BCUT2D eigenvalue weighted by atomic mass is 16.2. The van der Waals surface area contributed by atoms with Gasteiger partial charge in [0.2, 0.25) is 5.91 Å². The van der Waals surface area contributed by atoms with Gasteiger partial charge in [0.15, 0.2) is 11.6 Å². The third-order valence-corrected chi connectivity index (χ3v) is 5.30. The number of likely N-dealkylation sites (tertiary alicyclic amines) is 1. The summed E-state index contributed by atoms with van der Waals surface area (Å²) < 4.78 is 0. The van der Waals surface area contributed by atoms with Crippen LogP contribution in [0.15, 0.2) is 48.5 Å². The lowest BCUT2D eigenvalue weighted by Crippen LogP contribution is -2.53. The highest BCUT2D eigenvalue weighted by Crippen LogP contribution is 2.40. The highest BCUT2D eigenvalue weighted by Gasteiger charge is 2.50. The Morgan fingerprint density at radius 1 is 0.893 bits per heavy atom. The number of rotatable bonds is 5. The normalized spacial score (nSPS) is 18.7.